The molecule has 264 valence electrons. The van der Waals surface area contributed by atoms with Crippen molar-refractivity contribution in [1.82, 2.24) is 0 Å². The van der Waals surface area contributed by atoms with E-state index in [4.69, 9.17) is 16.3 Å². The highest BCUT2D eigenvalue weighted by molar-refractivity contribution is 7.85. The summed E-state index contributed by atoms with van der Waals surface area (Å²) in [7, 11) is -8.28. The second-order valence-corrected chi connectivity index (χ2v) is 17.3. The summed E-state index contributed by atoms with van der Waals surface area (Å²) in [5.74, 6) is -0.0871. The Balaban J connectivity index is 1.44. The lowest BCUT2D eigenvalue weighted by atomic mass is 9.81. The fraction of sp³-hybridized carbons (Fsp3) is 0.432. The number of hydrogen-bond acceptors (Lipinski definition) is 7. The summed E-state index contributed by atoms with van der Waals surface area (Å²) in [4.78, 5) is 2.19. The molecule has 3 aliphatic rings. The Kier molecular flexibility index (Phi) is 11.0. The fourth-order valence-electron chi connectivity index (χ4n) is 7.08. The highest BCUT2D eigenvalue weighted by atomic mass is 35.5. The van der Waals surface area contributed by atoms with Gasteiger partial charge in [-0.3, -0.25) is 4.55 Å². The lowest BCUT2D eigenvalue weighted by Gasteiger charge is -2.27. The highest BCUT2D eigenvalue weighted by Gasteiger charge is 2.44. The Labute approximate surface area is 295 Å². The van der Waals surface area contributed by atoms with Gasteiger partial charge in [0.25, 0.3) is 10.1 Å². The van der Waals surface area contributed by atoms with Crippen LogP contribution >= 0.6 is 11.6 Å². The molecule has 5 rings (SSSR count). The summed E-state index contributed by atoms with van der Waals surface area (Å²) in [6.07, 6.45) is 10.5. The molecule has 0 aromatic heterocycles. The van der Waals surface area contributed by atoms with Gasteiger partial charge >= 0.3 is 0 Å². The molecule has 0 saturated heterocycles. The van der Waals surface area contributed by atoms with Gasteiger partial charge in [-0.05, 0) is 62.5 Å². The van der Waals surface area contributed by atoms with E-state index in [1.54, 1.807) is 0 Å². The van der Waals surface area contributed by atoms with Gasteiger partial charge in [-0.2, -0.15) is 13.0 Å². The number of nitrogens with zero attached hydrogens (tertiary/aromatic N) is 2. The molecule has 2 aromatic carbocycles. The molecule has 0 spiro atoms. The maximum Gasteiger partial charge on any atom is 0.264 e. The van der Waals surface area contributed by atoms with Crippen LogP contribution in [0.1, 0.15) is 70.9 Å². The van der Waals surface area contributed by atoms with E-state index in [9.17, 15) is 25.9 Å². The topological polar surface area (TPSA) is 127 Å². The van der Waals surface area contributed by atoms with Gasteiger partial charge in [0.05, 0.1) is 32.9 Å². The van der Waals surface area contributed by atoms with Crippen molar-refractivity contribution in [2.24, 2.45) is 0 Å². The molecular formula is C37H45ClN2O7S2. The van der Waals surface area contributed by atoms with E-state index in [1.807, 2.05) is 42.5 Å². The van der Waals surface area contributed by atoms with Crippen molar-refractivity contribution in [2.45, 2.75) is 70.6 Å². The zero-order valence-corrected chi connectivity index (χ0v) is 30.9. The number of allylic oxidation sites excluding steroid dienone is 6. The van der Waals surface area contributed by atoms with Crippen molar-refractivity contribution in [1.29, 1.82) is 0 Å². The van der Waals surface area contributed by atoms with Gasteiger partial charge in [0.15, 0.2) is 5.71 Å². The fourth-order valence-corrected chi connectivity index (χ4v) is 8.48. The largest absolute Gasteiger partial charge is 0.748 e. The molecule has 0 bridgehead atoms. The molecular weight excluding hydrogens is 684 g/mol. The summed E-state index contributed by atoms with van der Waals surface area (Å²) in [5.41, 5.74) is 6.86. The number of rotatable bonds is 13. The van der Waals surface area contributed by atoms with Gasteiger partial charge in [0.2, 0.25) is 5.69 Å². The highest BCUT2D eigenvalue weighted by Crippen LogP contribution is 2.48. The molecule has 3 heterocycles. The van der Waals surface area contributed by atoms with E-state index in [2.05, 4.69) is 67.5 Å². The van der Waals surface area contributed by atoms with Gasteiger partial charge < -0.3 is 14.2 Å². The first-order valence-electron chi connectivity index (χ1n) is 16.6. The molecule has 9 nitrogen and oxygen atoms in total. The maximum absolute atomic E-state index is 11.3. The van der Waals surface area contributed by atoms with Crippen LogP contribution in [0, 0.1) is 0 Å². The molecule has 0 radical (unpaired) electrons. The third-order valence-electron chi connectivity index (χ3n) is 9.62. The molecule has 0 amide bonds. The third kappa shape index (κ3) is 8.40. The summed E-state index contributed by atoms with van der Waals surface area (Å²) >= 11 is 7.01. The number of ether oxygens (including phenoxy) is 1. The van der Waals surface area contributed by atoms with Crippen LogP contribution in [0.25, 0.3) is 0 Å². The van der Waals surface area contributed by atoms with Crippen molar-refractivity contribution in [3.63, 3.8) is 0 Å². The van der Waals surface area contributed by atoms with Crippen molar-refractivity contribution >= 4 is 48.9 Å². The minimum atomic E-state index is -4.26. The first kappa shape index (κ1) is 37.0. The first-order valence-corrected chi connectivity index (χ1v) is 20.2. The van der Waals surface area contributed by atoms with E-state index in [-0.39, 0.29) is 28.8 Å². The second-order valence-electron chi connectivity index (χ2n) is 13.8. The van der Waals surface area contributed by atoms with E-state index >= 15 is 0 Å². The van der Waals surface area contributed by atoms with Crippen LogP contribution in [0.15, 0.2) is 94.9 Å². The smallest absolute Gasteiger partial charge is 0.264 e. The van der Waals surface area contributed by atoms with Gasteiger partial charge in [-0.15, -0.1) is 0 Å². The number of benzene rings is 2. The van der Waals surface area contributed by atoms with Crippen LogP contribution in [0.4, 0.5) is 11.4 Å². The Morgan fingerprint density at radius 1 is 0.898 bits per heavy atom. The van der Waals surface area contributed by atoms with Crippen LogP contribution in [-0.4, -0.2) is 67.4 Å². The van der Waals surface area contributed by atoms with Crippen LogP contribution in [0.5, 0.6) is 0 Å². The molecule has 2 aromatic rings. The average molecular weight is 729 g/mol. The first-order chi connectivity index (χ1) is 23.0. The van der Waals surface area contributed by atoms with Crippen molar-refractivity contribution in [3.8, 4) is 0 Å². The Morgan fingerprint density at radius 2 is 1.57 bits per heavy atom. The van der Waals surface area contributed by atoms with Crippen molar-refractivity contribution in [2.75, 3.05) is 36.1 Å². The van der Waals surface area contributed by atoms with E-state index in [0.717, 1.165) is 33.9 Å². The number of unbranched alkanes of at least 4 members (excludes halogenated alkanes) is 2. The molecule has 0 saturated carbocycles. The van der Waals surface area contributed by atoms with Crippen LogP contribution in [0.2, 0.25) is 0 Å². The summed E-state index contributed by atoms with van der Waals surface area (Å²) < 4.78 is 73.6. The predicted octanol–water partition coefficient (Wildman–Crippen LogP) is 7.09. The molecule has 0 fully saturated rings. The third-order valence-corrected chi connectivity index (χ3v) is 11.6. The van der Waals surface area contributed by atoms with Gasteiger partial charge in [-0.1, -0.05) is 67.9 Å². The van der Waals surface area contributed by atoms with Gasteiger partial charge in [0, 0.05) is 59.6 Å². The zero-order valence-electron chi connectivity index (χ0n) is 28.5. The zero-order chi connectivity index (χ0) is 35.6. The Bertz CT molecular complexity index is 1970. The molecule has 1 N–H and O–H groups in total. The Hall–Kier alpha value is -3.22. The van der Waals surface area contributed by atoms with Crippen molar-refractivity contribution in [3.05, 3.63) is 106 Å². The van der Waals surface area contributed by atoms with E-state index in [0.29, 0.717) is 56.2 Å². The van der Waals surface area contributed by atoms with E-state index in [1.165, 1.54) is 5.56 Å². The molecule has 0 aliphatic carbocycles. The quantitative estimate of drug-likeness (QED) is 0.132. The molecule has 49 heavy (non-hydrogen) atoms. The summed E-state index contributed by atoms with van der Waals surface area (Å²) in [5, 5.41) is 0.522. The number of para-hydroxylation sites is 2. The van der Waals surface area contributed by atoms with Crippen LogP contribution < -0.4 is 4.90 Å². The SMILES string of the molecule is CC1(C)C(/C=C/C2=C(Cl)C(=C/C=C3/N(CCCCS(=O)(=O)[O-])c4ccccc4C3(C)C)/OCC2)=[N+](CCCCS(=O)(=O)O)c2ccccc21. The molecule has 0 unspecified atom stereocenters. The van der Waals surface area contributed by atoms with Gasteiger partial charge in [-0.25, -0.2) is 8.42 Å². The number of fused-ring (bicyclic) bond motifs is 2. The number of halogens is 1. The van der Waals surface area contributed by atoms with Gasteiger partial charge in [0.1, 0.15) is 12.3 Å². The van der Waals surface area contributed by atoms with Crippen LogP contribution in [-0.2, 0) is 35.8 Å². The molecule has 0 atom stereocenters. The van der Waals surface area contributed by atoms with E-state index < -0.39 is 20.2 Å². The summed E-state index contributed by atoms with van der Waals surface area (Å²) in [6, 6.07) is 16.4. The minimum Gasteiger partial charge on any atom is -0.748 e. The summed E-state index contributed by atoms with van der Waals surface area (Å²) in [6.45, 7) is 10.3. The predicted molar refractivity (Wildman–Crippen MR) is 194 cm³/mol. The normalized spacial score (nSPS) is 20.4. The number of anilines is 1. The monoisotopic (exact) mass is 728 g/mol. The lowest BCUT2D eigenvalue weighted by molar-refractivity contribution is -0.438. The molecule has 12 heteroatoms. The number of hydrogen-bond donors (Lipinski definition) is 1. The Morgan fingerprint density at radius 3 is 2.29 bits per heavy atom. The molecule has 3 aliphatic heterocycles. The average Bonchev–Trinajstić information content (AvgIpc) is 3.37. The maximum atomic E-state index is 11.3. The lowest BCUT2D eigenvalue weighted by Crippen LogP contribution is -2.28. The van der Waals surface area contributed by atoms with Crippen molar-refractivity contribution < 1.29 is 35.3 Å². The standard InChI is InChI=1S/C37H45ClN2O7S2/c1-36(2)28-13-5-7-15-30(28)39(22-9-11-25-48(41,42)43)33(36)19-17-27-21-24-47-32(35(27)38)18-20-34-37(3,4)29-14-6-8-16-31(29)40(34)23-10-12-26-49(44,45)46/h5-8,13-20H,9-12,21-26H2,1-4H3,(H-,41,42,43,44,45,46). The minimum absolute atomic E-state index is 0.266. The second kappa shape index (κ2) is 14.6. The van der Waals surface area contributed by atoms with Crippen LogP contribution in [0.3, 0.4) is 0 Å².